The summed E-state index contributed by atoms with van der Waals surface area (Å²) in [6.45, 7) is 0. The van der Waals surface area contributed by atoms with E-state index >= 15 is 0 Å². The summed E-state index contributed by atoms with van der Waals surface area (Å²) < 4.78 is 34.8. The van der Waals surface area contributed by atoms with Gasteiger partial charge in [0.2, 0.25) is 0 Å². The molecule has 0 atom stereocenters. The van der Waals surface area contributed by atoms with Gasteiger partial charge in [0.05, 0.1) is 6.42 Å². The molecule has 0 bridgehead atoms. The highest BCUT2D eigenvalue weighted by molar-refractivity contribution is 7.99. The number of hydrogen-bond donors (Lipinski definition) is 0. The molecule has 0 aliphatic rings. The van der Waals surface area contributed by atoms with Gasteiger partial charge < -0.3 is 0 Å². The molecule has 0 aromatic rings. The Kier molecular flexibility index (Phi) is 7.14. The largest absolute Gasteiger partial charge is 0.389 e. The molecule has 0 saturated carbocycles. The molecule has 0 unspecified atom stereocenters. The molecule has 0 amide bonds. The number of thioether (sulfide) groups is 1. The van der Waals surface area contributed by atoms with E-state index in [1.54, 1.807) is 0 Å². The maximum Gasteiger partial charge on any atom is 0.389 e. The molecule has 0 aromatic heterocycles. The molecule has 0 rings (SSSR count). The Labute approximate surface area is 79.9 Å². The van der Waals surface area contributed by atoms with Crippen molar-refractivity contribution in [1.82, 2.24) is 0 Å². The second-order valence-electron chi connectivity index (χ2n) is 2.37. The molecule has 0 saturated heterocycles. The Morgan fingerprint density at radius 3 is 2.25 bits per heavy atom. The van der Waals surface area contributed by atoms with E-state index in [4.69, 9.17) is 11.6 Å². The van der Waals surface area contributed by atoms with Crippen LogP contribution in [0, 0.1) is 0 Å². The van der Waals surface area contributed by atoms with E-state index in [-0.39, 0.29) is 5.75 Å². The Bertz CT molecular complexity index is 105. The quantitative estimate of drug-likeness (QED) is 0.486. The van der Waals surface area contributed by atoms with Crippen LogP contribution in [0.3, 0.4) is 0 Å². The highest BCUT2D eigenvalue weighted by Gasteiger charge is 2.25. The van der Waals surface area contributed by atoms with Gasteiger partial charge in [-0.2, -0.15) is 24.9 Å². The first-order valence-electron chi connectivity index (χ1n) is 3.77. The minimum atomic E-state index is -4.00. The fourth-order valence-electron chi connectivity index (χ4n) is 0.589. The molecule has 0 aromatic carbocycles. The summed E-state index contributed by atoms with van der Waals surface area (Å²) in [5.74, 6) is 1.55. The van der Waals surface area contributed by atoms with Crippen LogP contribution >= 0.6 is 23.4 Å². The fourth-order valence-corrected chi connectivity index (χ4v) is 1.77. The zero-order chi connectivity index (χ0) is 9.45. The van der Waals surface area contributed by atoms with Crippen molar-refractivity contribution in [2.24, 2.45) is 0 Å². The van der Waals surface area contributed by atoms with Crippen LogP contribution in [0.5, 0.6) is 0 Å². The Morgan fingerprint density at radius 1 is 1.08 bits per heavy atom. The van der Waals surface area contributed by atoms with E-state index in [1.807, 2.05) is 0 Å². The van der Waals surface area contributed by atoms with Gasteiger partial charge in [-0.15, -0.1) is 11.6 Å². The van der Waals surface area contributed by atoms with Crippen LogP contribution in [0.2, 0.25) is 0 Å². The standard InChI is InChI=1S/C7H12ClF3S/c8-4-1-2-5-12-6-3-7(9,10)11/h1-6H2. The summed E-state index contributed by atoms with van der Waals surface area (Å²) in [4.78, 5) is 0. The summed E-state index contributed by atoms with van der Waals surface area (Å²) in [5.41, 5.74) is 0. The van der Waals surface area contributed by atoms with Crippen molar-refractivity contribution < 1.29 is 13.2 Å². The van der Waals surface area contributed by atoms with E-state index in [1.165, 1.54) is 11.8 Å². The van der Waals surface area contributed by atoms with Crippen LogP contribution in [-0.4, -0.2) is 23.6 Å². The summed E-state index contributed by atoms with van der Waals surface area (Å²) in [7, 11) is 0. The third-order valence-corrected chi connectivity index (χ3v) is 2.54. The lowest BCUT2D eigenvalue weighted by molar-refractivity contribution is -0.129. The third-order valence-electron chi connectivity index (χ3n) is 1.20. The smallest absolute Gasteiger partial charge is 0.171 e. The molecule has 0 aliphatic heterocycles. The van der Waals surface area contributed by atoms with Gasteiger partial charge in [0.25, 0.3) is 0 Å². The molecule has 0 spiro atoms. The van der Waals surface area contributed by atoms with Crippen molar-refractivity contribution in [3.8, 4) is 0 Å². The number of halogens is 4. The predicted octanol–water partition coefficient (Wildman–Crippen LogP) is 3.69. The van der Waals surface area contributed by atoms with Gasteiger partial charge in [-0.25, -0.2) is 0 Å². The molecule has 0 N–H and O–H groups in total. The highest BCUT2D eigenvalue weighted by Crippen LogP contribution is 2.22. The topological polar surface area (TPSA) is 0 Å². The van der Waals surface area contributed by atoms with Gasteiger partial charge >= 0.3 is 6.18 Å². The molecule has 0 aliphatic carbocycles. The number of rotatable bonds is 6. The number of alkyl halides is 4. The average molecular weight is 221 g/mol. The lowest BCUT2D eigenvalue weighted by Gasteiger charge is -2.04. The average Bonchev–Trinajstić information content (AvgIpc) is 1.94. The molecular weight excluding hydrogens is 209 g/mol. The molecular formula is C7H12ClF3S. The SMILES string of the molecule is FC(F)(F)CCSCCCCCl. The van der Waals surface area contributed by atoms with E-state index in [9.17, 15) is 13.2 Å². The minimum absolute atomic E-state index is 0.172. The summed E-state index contributed by atoms with van der Waals surface area (Å²) in [6, 6.07) is 0. The highest BCUT2D eigenvalue weighted by atomic mass is 35.5. The molecule has 0 heterocycles. The summed E-state index contributed by atoms with van der Waals surface area (Å²) >= 11 is 6.74. The maximum atomic E-state index is 11.6. The van der Waals surface area contributed by atoms with Gasteiger partial charge in [-0.05, 0) is 18.6 Å². The normalized spacial score (nSPS) is 12.0. The molecule has 0 fully saturated rings. The van der Waals surface area contributed by atoms with Crippen LogP contribution in [0.15, 0.2) is 0 Å². The molecule has 0 nitrogen and oxygen atoms in total. The second kappa shape index (κ2) is 6.89. The zero-order valence-corrected chi connectivity index (χ0v) is 8.24. The van der Waals surface area contributed by atoms with Gasteiger partial charge in [-0.1, -0.05) is 0 Å². The van der Waals surface area contributed by atoms with Gasteiger partial charge in [0.1, 0.15) is 0 Å². The first-order chi connectivity index (χ1) is 5.56. The third kappa shape index (κ3) is 10.4. The van der Waals surface area contributed by atoms with Gasteiger partial charge in [-0.3, -0.25) is 0 Å². The lowest BCUT2D eigenvalue weighted by atomic mass is 10.4. The molecule has 0 radical (unpaired) electrons. The molecule has 5 heteroatoms. The van der Waals surface area contributed by atoms with E-state index in [0.29, 0.717) is 5.88 Å². The Morgan fingerprint density at radius 2 is 1.75 bits per heavy atom. The first-order valence-corrected chi connectivity index (χ1v) is 5.45. The van der Waals surface area contributed by atoms with E-state index in [0.717, 1.165) is 18.6 Å². The van der Waals surface area contributed by atoms with Crippen molar-refractivity contribution in [3.05, 3.63) is 0 Å². The summed E-state index contributed by atoms with van der Waals surface area (Å²) in [5, 5.41) is 0. The first kappa shape index (κ1) is 12.4. The van der Waals surface area contributed by atoms with Crippen LogP contribution in [0.25, 0.3) is 0 Å². The van der Waals surface area contributed by atoms with Crippen LogP contribution < -0.4 is 0 Å². The monoisotopic (exact) mass is 220 g/mol. The van der Waals surface area contributed by atoms with Crippen LogP contribution in [0.4, 0.5) is 13.2 Å². The van der Waals surface area contributed by atoms with Crippen molar-refractivity contribution in [1.29, 1.82) is 0 Å². The predicted molar refractivity (Wildman–Crippen MR) is 48.0 cm³/mol. The maximum absolute atomic E-state index is 11.6. The summed E-state index contributed by atoms with van der Waals surface area (Å²) in [6.07, 6.45) is -2.88. The van der Waals surface area contributed by atoms with Crippen molar-refractivity contribution in [2.75, 3.05) is 17.4 Å². The second-order valence-corrected chi connectivity index (χ2v) is 3.98. The van der Waals surface area contributed by atoms with Crippen molar-refractivity contribution >= 4 is 23.4 Å². The minimum Gasteiger partial charge on any atom is -0.171 e. The van der Waals surface area contributed by atoms with Gasteiger partial charge in [0.15, 0.2) is 0 Å². The Hall–Kier alpha value is 0.430. The number of unbranched alkanes of at least 4 members (excludes halogenated alkanes) is 1. The van der Waals surface area contributed by atoms with Gasteiger partial charge in [0, 0.05) is 11.6 Å². The molecule has 12 heavy (non-hydrogen) atoms. The van der Waals surface area contributed by atoms with E-state index in [2.05, 4.69) is 0 Å². The van der Waals surface area contributed by atoms with Crippen LogP contribution in [0.1, 0.15) is 19.3 Å². The van der Waals surface area contributed by atoms with E-state index < -0.39 is 12.6 Å². The Balaban J connectivity index is 3.01. The molecule has 74 valence electrons. The van der Waals surface area contributed by atoms with Crippen molar-refractivity contribution in [3.63, 3.8) is 0 Å². The van der Waals surface area contributed by atoms with Crippen LogP contribution in [-0.2, 0) is 0 Å². The zero-order valence-electron chi connectivity index (χ0n) is 6.66. The van der Waals surface area contributed by atoms with Crippen molar-refractivity contribution in [2.45, 2.75) is 25.4 Å². The number of hydrogen-bond acceptors (Lipinski definition) is 1. The lowest BCUT2D eigenvalue weighted by Crippen LogP contribution is -2.08. The fraction of sp³-hybridized carbons (Fsp3) is 1.00.